The molecule has 2 rings (SSSR count). The predicted octanol–water partition coefficient (Wildman–Crippen LogP) is 3.11. The smallest absolute Gasteiger partial charge is 0.144 e. The van der Waals surface area contributed by atoms with E-state index in [1.165, 1.54) is 6.07 Å². The zero-order chi connectivity index (χ0) is 13.1. The maximum Gasteiger partial charge on any atom is 0.144 e. The van der Waals surface area contributed by atoms with Crippen LogP contribution in [0.25, 0.3) is 11.3 Å². The largest absolute Gasteiger partial charge is 0.372 e. The van der Waals surface area contributed by atoms with E-state index in [1.54, 1.807) is 31.3 Å². The van der Waals surface area contributed by atoms with Crippen LogP contribution >= 0.6 is 0 Å². The molecule has 0 saturated heterocycles. The molecule has 0 bridgehead atoms. The highest BCUT2D eigenvalue weighted by Gasteiger charge is 2.12. The number of anilines is 1. The van der Waals surface area contributed by atoms with Gasteiger partial charge in [-0.05, 0) is 30.7 Å². The molecule has 3 nitrogen and oxygen atoms in total. The van der Waals surface area contributed by atoms with Gasteiger partial charge in [0.15, 0.2) is 0 Å². The molecule has 0 aliphatic carbocycles. The molecule has 0 atom stereocenters. The van der Waals surface area contributed by atoms with E-state index in [4.69, 9.17) is 5.26 Å². The van der Waals surface area contributed by atoms with E-state index in [0.29, 0.717) is 22.6 Å². The van der Waals surface area contributed by atoms with Crippen molar-refractivity contribution in [1.82, 2.24) is 4.98 Å². The molecule has 1 N–H and O–H groups in total. The monoisotopic (exact) mass is 241 g/mol. The summed E-state index contributed by atoms with van der Waals surface area (Å²) in [6.07, 6.45) is 0. The second kappa shape index (κ2) is 4.84. The van der Waals surface area contributed by atoms with E-state index in [1.807, 2.05) is 6.92 Å². The maximum absolute atomic E-state index is 13.7. The molecule has 0 spiro atoms. The molecule has 0 fully saturated rings. The molecule has 0 saturated carbocycles. The summed E-state index contributed by atoms with van der Waals surface area (Å²) >= 11 is 0. The summed E-state index contributed by atoms with van der Waals surface area (Å²) in [6.45, 7) is 1.81. The van der Waals surface area contributed by atoms with Crippen LogP contribution in [0.2, 0.25) is 0 Å². The van der Waals surface area contributed by atoms with Crippen LogP contribution in [0.1, 0.15) is 11.1 Å². The van der Waals surface area contributed by atoms with Crippen LogP contribution in [-0.4, -0.2) is 12.0 Å². The van der Waals surface area contributed by atoms with Gasteiger partial charge in [-0.3, -0.25) is 0 Å². The van der Waals surface area contributed by atoms with Gasteiger partial charge in [-0.2, -0.15) is 5.26 Å². The number of nitriles is 1. The van der Waals surface area contributed by atoms with Gasteiger partial charge in [-0.1, -0.05) is 12.1 Å². The summed E-state index contributed by atoms with van der Waals surface area (Å²) in [5, 5.41) is 11.8. The standard InChI is InChI=1S/C14H12FN3/c1-9-7-10(8-16)14(17-2)18-13(9)11-5-3-4-6-12(11)15/h3-7H,1-2H3,(H,17,18). The molecule has 0 unspecified atom stereocenters. The minimum absolute atomic E-state index is 0.320. The number of aromatic nitrogens is 1. The number of benzene rings is 1. The van der Waals surface area contributed by atoms with E-state index < -0.39 is 0 Å². The summed E-state index contributed by atoms with van der Waals surface area (Å²) in [7, 11) is 1.68. The fraction of sp³-hybridized carbons (Fsp3) is 0.143. The van der Waals surface area contributed by atoms with Crippen molar-refractivity contribution in [3.8, 4) is 17.3 Å². The number of hydrogen-bond donors (Lipinski definition) is 1. The lowest BCUT2D eigenvalue weighted by Gasteiger charge is -2.10. The maximum atomic E-state index is 13.7. The zero-order valence-electron chi connectivity index (χ0n) is 10.2. The predicted molar refractivity (Wildman–Crippen MR) is 68.6 cm³/mol. The lowest BCUT2D eigenvalue weighted by atomic mass is 10.0. The lowest BCUT2D eigenvalue weighted by Crippen LogP contribution is -2.00. The average molecular weight is 241 g/mol. The molecule has 0 aliphatic rings. The van der Waals surface area contributed by atoms with Crippen molar-refractivity contribution < 1.29 is 4.39 Å². The first kappa shape index (κ1) is 12.1. The normalized spacial score (nSPS) is 9.89. The van der Waals surface area contributed by atoms with Gasteiger partial charge < -0.3 is 5.32 Å². The van der Waals surface area contributed by atoms with Crippen molar-refractivity contribution in [2.45, 2.75) is 6.92 Å². The van der Waals surface area contributed by atoms with Gasteiger partial charge in [0.1, 0.15) is 17.7 Å². The highest BCUT2D eigenvalue weighted by molar-refractivity contribution is 5.68. The Balaban J connectivity index is 2.67. The van der Waals surface area contributed by atoms with E-state index >= 15 is 0 Å². The summed E-state index contributed by atoms with van der Waals surface area (Å²) in [6, 6.07) is 10.2. The molecule has 0 aliphatic heterocycles. The van der Waals surface area contributed by atoms with Crippen molar-refractivity contribution in [2.24, 2.45) is 0 Å². The quantitative estimate of drug-likeness (QED) is 0.878. The molecular formula is C14H12FN3. The SMILES string of the molecule is CNc1nc(-c2ccccc2F)c(C)cc1C#N. The number of nitrogens with zero attached hydrogens (tertiary/aromatic N) is 2. The second-order valence-electron chi connectivity index (χ2n) is 3.89. The van der Waals surface area contributed by atoms with Gasteiger partial charge in [0.25, 0.3) is 0 Å². The fourth-order valence-corrected chi connectivity index (χ4v) is 1.82. The number of rotatable bonds is 2. The van der Waals surface area contributed by atoms with Crippen molar-refractivity contribution in [3.63, 3.8) is 0 Å². The van der Waals surface area contributed by atoms with Crippen LogP contribution in [0.5, 0.6) is 0 Å². The number of halogens is 1. The molecule has 1 aromatic heterocycles. The number of aryl methyl sites for hydroxylation is 1. The van der Waals surface area contributed by atoms with E-state index in [2.05, 4.69) is 16.4 Å². The Morgan fingerprint density at radius 3 is 2.67 bits per heavy atom. The van der Waals surface area contributed by atoms with Crippen molar-refractivity contribution in [1.29, 1.82) is 5.26 Å². The van der Waals surface area contributed by atoms with E-state index in [0.717, 1.165) is 5.56 Å². The number of nitrogens with one attached hydrogen (secondary N) is 1. The highest BCUT2D eigenvalue weighted by atomic mass is 19.1. The van der Waals surface area contributed by atoms with Gasteiger partial charge in [0, 0.05) is 12.6 Å². The lowest BCUT2D eigenvalue weighted by molar-refractivity contribution is 0.630. The average Bonchev–Trinajstić information content (AvgIpc) is 2.39. The summed E-state index contributed by atoms with van der Waals surface area (Å²) in [5.74, 6) is 0.140. The third kappa shape index (κ3) is 2.03. The molecule has 1 aromatic carbocycles. The van der Waals surface area contributed by atoms with Crippen molar-refractivity contribution in [3.05, 3.63) is 47.3 Å². The Kier molecular flexibility index (Phi) is 3.24. The Hall–Kier alpha value is -2.41. The van der Waals surface area contributed by atoms with Gasteiger partial charge >= 0.3 is 0 Å². The van der Waals surface area contributed by atoms with Crippen LogP contribution < -0.4 is 5.32 Å². The van der Waals surface area contributed by atoms with Crippen LogP contribution in [0.15, 0.2) is 30.3 Å². The molecule has 0 amide bonds. The summed E-state index contributed by atoms with van der Waals surface area (Å²) < 4.78 is 13.7. The van der Waals surface area contributed by atoms with Gasteiger partial charge in [-0.25, -0.2) is 9.37 Å². The molecule has 1 heterocycles. The first-order valence-corrected chi connectivity index (χ1v) is 5.51. The molecule has 0 radical (unpaired) electrons. The molecule has 2 aromatic rings. The van der Waals surface area contributed by atoms with E-state index in [-0.39, 0.29) is 5.82 Å². The summed E-state index contributed by atoms with van der Waals surface area (Å²) in [5.41, 5.74) is 2.22. The Bertz CT molecular complexity index is 629. The number of pyridine rings is 1. The molecular weight excluding hydrogens is 229 g/mol. The topological polar surface area (TPSA) is 48.7 Å². The third-order valence-electron chi connectivity index (χ3n) is 2.70. The van der Waals surface area contributed by atoms with Crippen LogP contribution in [-0.2, 0) is 0 Å². The van der Waals surface area contributed by atoms with E-state index in [9.17, 15) is 4.39 Å². The van der Waals surface area contributed by atoms with Crippen LogP contribution in [0, 0.1) is 24.1 Å². The fourth-order valence-electron chi connectivity index (χ4n) is 1.82. The van der Waals surface area contributed by atoms with Crippen molar-refractivity contribution >= 4 is 5.82 Å². The second-order valence-corrected chi connectivity index (χ2v) is 3.89. The third-order valence-corrected chi connectivity index (χ3v) is 2.70. The Morgan fingerprint density at radius 2 is 2.06 bits per heavy atom. The van der Waals surface area contributed by atoms with Gasteiger partial charge in [-0.15, -0.1) is 0 Å². The minimum Gasteiger partial charge on any atom is -0.372 e. The first-order chi connectivity index (χ1) is 8.67. The zero-order valence-corrected chi connectivity index (χ0v) is 10.2. The number of hydrogen-bond acceptors (Lipinski definition) is 3. The first-order valence-electron chi connectivity index (χ1n) is 5.51. The summed E-state index contributed by atoms with van der Waals surface area (Å²) in [4.78, 5) is 4.32. The van der Waals surface area contributed by atoms with Gasteiger partial charge in [0.05, 0.1) is 11.3 Å². The highest BCUT2D eigenvalue weighted by Crippen LogP contribution is 2.27. The van der Waals surface area contributed by atoms with Crippen molar-refractivity contribution in [2.75, 3.05) is 12.4 Å². The van der Waals surface area contributed by atoms with Crippen LogP contribution in [0.4, 0.5) is 10.2 Å². The molecule has 4 heteroatoms. The Labute approximate surface area is 105 Å². The van der Waals surface area contributed by atoms with Crippen LogP contribution in [0.3, 0.4) is 0 Å². The minimum atomic E-state index is -0.320. The molecule has 90 valence electrons. The molecule has 18 heavy (non-hydrogen) atoms. The van der Waals surface area contributed by atoms with Gasteiger partial charge in [0.2, 0.25) is 0 Å². The Morgan fingerprint density at radius 1 is 1.33 bits per heavy atom.